The molecule has 1 heterocycles. The lowest BCUT2D eigenvalue weighted by Crippen LogP contribution is -2.47. The molecule has 0 radical (unpaired) electrons. The van der Waals surface area contributed by atoms with E-state index in [4.69, 9.17) is 4.74 Å². The van der Waals surface area contributed by atoms with Gasteiger partial charge in [-0.3, -0.25) is 9.10 Å². The molecule has 1 N–H and O–H groups in total. The summed E-state index contributed by atoms with van der Waals surface area (Å²) in [5, 5.41) is 2.95. The zero-order chi connectivity index (χ0) is 19.2. The predicted molar refractivity (Wildman–Crippen MR) is 103 cm³/mol. The van der Waals surface area contributed by atoms with E-state index in [1.165, 1.54) is 0 Å². The quantitative estimate of drug-likeness (QED) is 0.735. The Morgan fingerprint density at radius 1 is 1.27 bits per heavy atom. The Morgan fingerprint density at radius 3 is 2.42 bits per heavy atom. The van der Waals surface area contributed by atoms with Gasteiger partial charge in [-0.05, 0) is 63.7 Å². The van der Waals surface area contributed by atoms with E-state index in [-0.39, 0.29) is 18.5 Å². The van der Waals surface area contributed by atoms with Crippen LogP contribution in [0.25, 0.3) is 0 Å². The molecule has 1 saturated heterocycles. The van der Waals surface area contributed by atoms with Crippen LogP contribution in [-0.4, -0.2) is 64.8 Å². The fraction of sp³-hybridized carbons (Fsp3) is 0.611. The standard InChI is InChI=1S/C18H29N3O4S/c1-4-13-25-17-7-5-16(6-8-17)21(26(3,23)24)14-18(22)19-15-9-11-20(2)12-10-15/h5-8,15H,4,9-14H2,1-3H3,(H,19,22). The first-order chi connectivity index (χ1) is 12.3. The van der Waals surface area contributed by atoms with E-state index < -0.39 is 10.0 Å². The topological polar surface area (TPSA) is 79.0 Å². The lowest BCUT2D eigenvalue weighted by Gasteiger charge is -2.30. The molecule has 0 bridgehead atoms. The minimum atomic E-state index is -3.57. The molecule has 1 aromatic rings. The Labute approximate surface area is 156 Å². The van der Waals surface area contributed by atoms with Crippen molar-refractivity contribution in [1.82, 2.24) is 10.2 Å². The van der Waals surface area contributed by atoms with Crippen LogP contribution in [0, 0.1) is 0 Å². The van der Waals surface area contributed by atoms with Crippen LogP contribution in [0.2, 0.25) is 0 Å². The Kier molecular flexibility index (Phi) is 7.28. The van der Waals surface area contributed by atoms with Gasteiger partial charge in [0.25, 0.3) is 0 Å². The fourth-order valence-corrected chi connectivity index (χ4v) is 3.74. The molecule has 2 rings (SSSR count). The summed E-state index contributed by atoms with van der Waals surface area (Å²) in [6.45, 7) is 4.26. The molecule has 0 aromatic heterocycles. The molecular weight excluding hydrogens is 354 g/mol. The molecule has 1 aliphatic heterocycles. The van der Waals surface area contributed by atoms with Crippen LogP contribution in [0.15, 0.2) is 24.3 Å². The van der Waals surface area contributed by atoms with E-state index in [1.807, 2.05) is 6.92 Å². The Bertz CT molecular complexity index is 683. The molecule has 0 spiro atoms. The molecule has 0 saturated carbocycles. The van der Waals surface area contributed by atoms with Crippen molar-refractivity contribution in [2.75, 3.05) is 43.8 Å². The van der Waals surface area contributed by atoms with E-state index in [0.717, 1.165) is 42.9 Å². The van der Waals surface area contributed by atoms with Gasteiger partial charge < -0.3 is 15.0 Å². The average molecular weight is 384 g/mol. The Hall–Kier alpha value is -1.80. The van der Waals surface area contributed by atoms with E-state index in [2.05, 4.69) is 17.3 Å². The van der Waals surface area contributed by atoms with Crippen LogP contribution in [0.4, 0.5) is 5.69 Å². The van der Waals surface area contributed by atoms with Gasteiger partial charge in [0.2, 0.25) is 15.9 Å². The highest BCUT2D eigenvalue weighted by molar-refractivity contribution is 7.92. The first-order valence-corrected chi connectivity index (χ1v) is 10.8. The van der Waals surface area contributed by atoms with Gasteiger partial charge in [0, 0.05) is 6.04 Å². The number of benzene rings is 1. The van der Waals surface area contributed by atoms with Crippen molar-refractivity contribution in [2.45, 2.75) is 32.2 Å². The van der Waals surface area contributed by atoms with Crippen molar-refractivity contribution in [3.05, 3.63) is 24.3 Å². The number of likely N-dealkylation sites (tertiary alicyclic amines) is 1. The molecule has 1 aliphatic rings. The summed E-state index contributed by atoms with van der Waals surface area (Å²) in [6.07, 6.45) is 3.76. The molecule has 7 nitrogen and oxygen atoms in total. The molecule has 0 atom stereocenters. The minimum Gasteiger partial charge on any atom is -0.494 e. The van der Waals surface area contributed by atoms with Gasteiger partial charge in [0.05, 0.1) is 18.6 Å². The van der Waals surface area contributed by atoms with Crippen molar-refractivity contribution in [3.63, 3.8) is 0 Å². The van der Waals surface area contributed by atoms with Gasteiger partial charge in [-0.25, -0.2) is 8.42 Å². The van der Waals surface area contributed by atoms with Gasteiger partial charge in [-0.2, -0.15) is 0 Å². The molecule has 146 valence electrons. The van der Waals surface area contributed by atoms with Gasteiger partial charge in [0.15, 0.2) is 0 Å². The number of carbonyl (C=O) groups excluding carboxylic acids is 1. The largest absolute Gasteiger partial charge is 0.494 e. The SMILES string of the molecule is CCCOc1ccc(N(CC(=O)NC2CCN(C)CC2)S(C)(=O)=O)cc1. The van der Waals surface area contributed by atoms with E-state index >= 15 is 0 Å². The highest BCUT2D eigenvalue weighted by Gasteiger charge is 2.24. The molecule has 1 amide bonds. The highest BCUT2D eigenvalue weighted by atomic mass is 32.2. The summed E-state index contributed by atoms with van der Waals surface area (Å²) in [6, 6.07) is 6.87. The number of carbonyl (C=O) groups is 1. The van der Waals surface area contributed by atoms with Crippen LogP contribution in [-0.2, 0) is 14.8 Å². The van der Waals surface area contributed by atoms with Crippen LogP contribution in [0.3, 0.4) is 0 Å². The minimum absolute atomic E-state index is 0.102. The van der Waals surface area contributed by atoms with Gasteiger partial charge in [-0.15, -0.1) is 0 Å². The number of piperidine rings is 1. The number of nitrogens with zero attached hydrogens (tertiary/aromatic N) is 2. The summed E-state index contributed by atoms with van der Waals surface area (Å²) in [5.41, 5.74) is 0.454. The lowest BCUT2D eigenvalue weighted by molar-refractivity contribution is -0.120. The van der Waals surface area contributed by atoms with Gasteiger partial charge >= 0.3 is 0 Å². The third kappa shape index (κ3) is 6.17. The van der Waals surface area contributed by atoms with E-state index in [1.54, 1.807) is 24.3 Å². The van der Waals surface area contributed by atoms with Crippen LogP contribution in [0.5, 0.6) is 5.75 Å². The summed E-state index contributed by atoms with van der Waals surface area (Å²) >= 11 is 0. The Balaban J connectivity index is 2.02. The number of amides is 1. The monoisotopic (exact) mass is 383 g/mol. The lowest BCUT2D eigenvalue weighted by atomic mass is 10.1. The maximum absolute atomic E-state index is 12.4. The first kappa shape index (κ1) is 20.5. The van der Waals surface area contributed by atoms with Gasteiger partial charge in [0.1, 0.15) is 12.3 Å². The smallest absolute Gasteiger partial charge is 0.240 e. The van der Waals surface area contributed by atoms with Crippen LogP contribution in [0.1, 0.15) is 26.2 Å². The molecule has 0 unspecified atom stereocenters. The summed E-state index contributed by atoms with van der Waals surface area (Å²) < 4.78 is 31.0. The molecule has 1 fully saturated rings. The molecule has 0 aliphatic carbocycles. The summed E-state index contributed by atoms with van der Waals surface area (Å²) in [4.78, 5) is 14.6. The van der Waals surface area contributed by atoms with Crippen LogP contribution < -0.4 is 14.4 Å². The first-order valence-electron chi connectivity index (χ1n) is 8.98. The molecule has 26 heavy (non-hydrogen) atoms. The van der Waals surface area contributed by atoms with Crippen LogP contribution >= 0.6 is 0 Å². The second kappa shape index (κ2) is 9.23. The molecule has 8 heteroatoms. The number of anilines is 1. The normalized spacial score (nSPS) is 16.3. The number of nitrogens with one attached hydrogen (secondary N) is 1. The number of hydrogen-bond acceptors (Lipinski definition) is 5. The predicted octanol–water partition coefficient (Wildman–Crippen LogP) is 1.45. The summed E-state index contributed by atoms with van der Waals surface area (Å²) in [7, 11) is -1.52. The maximum Gasteiger partial charge on any atom is 0.240 e. The van der Waals surface area contributed by atoms with Crippen molar-refractivity contribution >= 4 is 21.6 Å². The molecule has 1 aromatic carbocycles. The second-order valence-electron chi connectivity index (χ2n) is 6.76. The number of hydrogen-bond donors (Lipinski definition) is 1. The second-order valence-corrected chi connectivity index (χ2v) is 8.66. The zero-order valence-corrected chi connectivity index (χ0v) is 16.6. The molecular formula is C18H29N3O4S. The number of rotatable bonds is 8. The third-order valence-corrected chi connectivity index (χ3v) is 5.51. The number of ether oxygens (including phenoxy) is 1. The highest BCUT2D eigenvalue weighted by Crippen LogP contribution is 2.21. The van der Waals surface area contributed by atoms with Crippen molar-refractivity contribution in [1.29, 1.82) is 0 Å². The van der Waals surface area contributed by atoms with Gasteiger partial charge in [-0.1, -0.05) is 6.92 Å². The summed E-state index contributed by atoms with van der Waals surface area (Å²) in [5.74, 6) is 0.399. The van der Waals surface area contributed by atoms with Crippen molar-refractivity contribution in [3.8, 4) is 5.75 Å². The van der Waals surface area contributed by atoms with Crippen molar-refractivity contribution < 1.29 is 17.9 Å². The Morgan fingerprint density at radius 2 is 1.88 bits per heavy atom. The average Bonchev–Trinajstić information content (AvgIpc) is 2.59. The van der Waals surface area contributed by atoms with Crippen molar-refractivity contribution in [2.24, 2.45) is 0 Å². The van der Waals surface area contributed by atoms with E-state index in [9.17, 15) is 13.2 Å². The number of sulfonamides is 1. The maximum atomic E-state index is 12.4. The van der Waals surface area contributed by atoms with E-state index in [0.29, 0.717) is 18.0 Å². The zero-order valence-electron chi connectivity index (χ0n) is 15.8. The fourth-order valence-electron chi connectivity index (χ4n) is 2.89. The third-order valence-electron chi connectivity index (χ3n) is 4.37.